The molecule has 2 aromatic rings. The summed E-state index contributed by atoms with van der Waals surface area (Å²) >= 11 is 6.16. The van der Waals surface area contributed by atoms with Gasteiger partial charge in [-0.1, -0.05) is 17.7 Å². The monoisotopic (exact) mass is 344 g/mol. The van der Waals surface area contributed by atoms with Crippen LogP contribution in [0.25, 0.3) is 5.69 Å². The fraction of sp³-hybridized carbons (Fsp3) is 0.154. The Morgan fingerprint density at radius 2 is 2.04 bits per heavy atom. The molecule has 122 valence electrons. The van der Waals surface area contributed by atoms with Crippen molar-refractivity contribution in [1.82, 2.24) is 9.78 Å². The second-order valence-electron chi connectivity index (χ2n) is 4.52. The van der Waals surface area contributed by atoms with Crippen LogP contribution in [0.3, 0.4) is 0 Å². The Morgan fingerprint density at radius 1 is 1.35 bits per heavy atom. The molecule has 0 saturated heterocycles. The second-order valence-corrected chi connectivity index (χ2v) is 4.88. The van der Waals surface area contributed by atoms with Gasteiger partial charge in [0, 0.05) is 0 Å². The van der Waals surface area contributed by atoms with Crippen molar-refractivity contribution in [2.24, 2.45) is 21.7 Å². The average Bonchev–Trinajstić information content (AvgIpc) is 2.74. The molecule has 2 rings (SSSR count). The van der Waals surface area contributed by atoms with E-state index < -0.39 is 11.7 Å². The highest BCUT2D eigenvalue weighted by Crippen LogP contribution is 2.31. The van der Waals surface area contributed by atoms with E-state index >= 15 is 0 Å². The molecule has 1 heterocycles. The molecule has 0 radical (unpaired) electrons. The van der Waals surface area contributed by atoms with Crippen molar-refractivity contribution < 1.29 is 13.2 Å². The fourth-order valence-electron chi connectivity index (χ4n) is 1.80. The summed E-state index contributed by atoms with van der Waals surface area (Å²) in [6, 6.07) is 4.66. The number of nitrogens with two attached hydrogens (primary N) is 2. The molecule has 0 unspecified atom stereocenters. The van der Waals surface area contributed by atoms with E-state index in [-0.39, 0.29) is 16.8 Å². The van der Waals surface area contributed by atoms with Gasteiger partial charge in [0.05, 0.1) is 28.7 Å². The lowest BCUT2D eigenvalue weighted by molar-refractivity contribution is -0.137. The summed E-state index contributed by atoms with van der Waals surface area (Å²) in [4.78, 5) is 0. The molecular formula is C13H12ClF3N6. The zero-order chi connectivity index (χ0) is 17.2. The highest BCUT2D eigenvalue weighted by molar-refractivity contribution is 6.32. The van der Waals surface area contributed by atoms with Crippen LogP contribution in [0.2, 0.25) is 5.15 Å². The van der Waals surface area contributed by atoms with Gasteiger partial charge in [-0.25, -0.2) is 4.68 Å². The Balaban J connectivity index is 2.46. The molecule has 0 spiro atoms. The summed E-state index contributed by atoms with van der Waals surface area (Å²) in [5.41, 5.74) is 10.5. The van der Waals surface area contributed by atoms with E-state index in [2.05, 4.69) is 15.3 Å². The Morgan fingerprint density at radius 3 is 2.65 bits per heavy atom. The molecule has 1 aromatic carbocycles. The van der Waals surface area contributed by atoms with Gasteiger partial charge in [-0.15, -0.1) is 5.10 Å². The third-order valence-electron chi connectivity index (χ3n) is 2.83. The van der Waals surface area contributed by atoms with Gasteiger partial charge >= 0.3 is 6.18 Å². The molecule has 1 aromatic heterocycles. The highest BCUT2D eigenvalue weighted by atomic mass is 35.5. The van der Waals surface area contributed by atoms with Gasteiger partial charge in [-0.3, -0.25) is 0 Å². The van der Waals surface area contributed by atoms with Gasteiger partial charge in [0.1, 0.15) is 5.15 Å². The van der Waals surface area contributed by atoms with Crippen LogP contribution in [-0.2, 0) is 6.18 Å². The van der Waals surface area contributed by atoms with Crippen molar-refractivity contribution in [2.75, 3.05) is 0 Å². The van der Waals surface area contributed by atoms with Crippen LogP contribution in [0, 0.1) is 6.92 Å². The molecule has 0 aliphatic heterocycles. The van der Waals surface area contributed by atoms with E-state index in [0.717, 1.165) is 12.1 Å². The third kappa shape index (κ3) is 3.81. The van der Waals surface area contributed by atoms with Crippen molar-refractivity contribution in [3.8, 4) is 5.69 Å². The molecule has 0 saturated carbocycles. The Labute approximate surface area is 134 Å². The standard InChI is InChI=1S/C13H12ClF3N6/c1-7-10(6-20-21-12(18)19)11(14)23(22-7)9-4-2-3-8(5-9)13(15,16)17/h2-6H,1H3,(H4,18,19,21)/b20-6-. The van der Waals surface area contributed by atoms with E-state index in [0.29, 0.717) is 11.3 Å². The van der Waals surface area contributed by atoms with Crippen molar-refractivity contribution in [2.45, 2.75) is 13.1 Å². The molecule has 0 atom stereocenters. The van der Waals surface area contributed by atoms with Crippen molar-refractivity contribution in [3.63, 3.8) is 0 Å². The van der Waals surface area contributed by atoms with Gasteiger partial charge in [-0.05, 0) is 25.1 Å². The molecule has 0 aliphatic carbocycles. The second kappa shape index (κ2) is 6.29. The van der Waals surface area contributed by atoms with Crippen LogP contribution in [0.4, 0.5) is 13.2 Å². The fourth-order valence-corrected chi connectivity index (χ4v) is 2.12. The van der Waals surface area contributed by atoms with Crippen LogP contribution >= 0.6 is 11.6 Å². The topological polar surface area (TPSA) is 94.6 Å². The quantitative estimate of drug-likeness (QED) is 0.508. The van der Waals surface area contributed by atoms with Crippen molar-refractivity contribution in [1.29, 1.82) is 0 Å². The minimum atomic E-state index is -4.46. The first-order chi connectivity index (χ1) is 10.7. The summed E-state index contributed by atoms with van der Waals surface area (Å²) in [6.07, 6.45) is -3.18. The number of alkyl halides is 3. The van der Waals surface area contributed by atoms with Gasteiger partial charge in [-0.2, -0.15) is 23.4 Å². The normalized spacial score (nSPS) is 11.9. The Bertz CT molecular complexity index is 775. The number of nitrogens with zero attached hydrogens (tertiary/aromatic N) is 4. The first kappa shape index (κ1) is 16.8. The van der Waals surface area contributed by atoms with Gasteiger partial charge in [0.2, 0.25) is 5.96 Å². The lowest BCUT2D eigenvalue weighted by Gasteiger charge is -2.09. The summed E-state index contributed by atoms with van der Waals surface area (Å²) in [5, 5.41) is 11.3. The van der Waals surface area contributed by atoms with Crippen LogP contribution in [0.5, 0.6) is 0 Å². The molecular weight excluding hydrogens is 333 g/mol. The van der Waals surface area contributed by atoms with Gasteiger partial charge in [0.15, 0.2) is 0 Å². The van der Waals surface area contributed by atoms with Crippen molar-refractivity contribution >= 4 is 23.8 Å². The molecule has 0 fully saturated rings. The SMILES string of the molecule is Cc1nn(-c2cccc(C(F)(F)F)c2)c(Cl)c1/C=N\N=C(N)N. The van der Waals surface area contributed by atoms with Crippen molar-refractivity contribution in [3.05, 3.63) is 46.2 Å². The minimum Gasteiger partial charge on any atom is -0.369 e. The lowest BCUT2D eigenvalue weighted by atomic mass is 10.2. The van der Waals surface area contributed by atoms with Crippen LogP contribution in [-0.4, -0.2) is 22.0 Å². The zero-order valence-electron chi connectivity index (χ0n) is 11.8. The summed E-state index contributed by atoms with van der Waals surface area (Å²) in [7, 11) is 0. The number of aromatic nitrogens is 2. The molecule has 0 bridgehead atoms. The Hall–Kier alpha value is -2.55. The molecule has 10 heteroatoms. The number of aryl methyl sites for hydroxylation is 1. The van der Waals surface area contributed by atoms with E-state index in [1.165, 1.54) is 23.0 Å². The summed E-state index contributed by atoms with van der Waals surface area (Å²) < 4.78 is 39.5. The van der Waals surface area contributed by atoms with Crippen LogP contribution in [0.1, 0.15) is 16.8 Å². The maximum Gasteiger partial charge on any atom is 0.416 e. The number of guanidine groups is 1. The van der Waals surface area contributed by atoms with Gasteiger partial charge < -0.3 is 11.5 Å². The first-order valence-corrected chi connectivity index (χ1v) is 6.62. The van der Waals surface area contributed by atoms with E-state index in [1.54, 1.807) is 6.92 Å². The minimum absolute atomic E-state index is 0.0939. The number of rotatable bonds is 3. The van der Waals surface area contributed by atoms with Crippen LogP contribution in [0.15, 0.2) is 34.5 Å². The van der Waals surface area contributed by atoms with Gasteiger partial charge in [0.25, 0.3) is 0 Å². The molecule has 23 heavy (non-hydrogen) atoms. The van der Waals surface area contributed by atoms with Crippen LogP contribution < -0.4 is 11.5 Å². The maximum absolute atomic E-state index is 12.8. The molecule has 6 nitrogen and oxygen atoms in total. The number of hydrogen-bond acceptors (Lipinski definition) is 3. The third-order valence-corrected chi connectivity index (χ3v) is 3.19. The molecule has 0 amide bonds. The first-order valence-electron chi connectivity index (χ1n) is 6.25. The largest absolute Gasteiger partial charge is 0.416 e. The number of benzene rings is 1. The highest BCUT2D eigenvalue weighted by Gasteiger charge is 2.30. The molecule has 0 aliphatic rings. The summed E-state index contributed by atoms with van der Waals surface area (Å²) in [6.45, 7) is 1.63. The number of hydrogen-bond donors (Lipinski definition) is 2. The molecule has 4 N–H and O–H groups in total. The smallest absolute Gasteiger partial charge is 0.369 e. The summed E-state index contributed by atoms with van der Waals surface area (Å²) in [5.74, 6) is -0.236. The maximum atomic E-state index is 12.8. The van der Waals surface area contributed by atoms with E-state index in [4.69, 9.17) is 23.1 Å². The predicted molar refractivity (Wildman–Crippen MR) is 81.7 cm³/mol. The number of halogens is 4. The van der Waals surface area contributed by atoms with E-state index in [1.807, 2.05) is 0 Å². The predicted octanol–water partition coefficient (Wildman–Crippen LogP) is 2.46. The van der Waals surface area contributed by atoms with E-state index in [9.17, 15) is 13.2 Å². The zero-order valence-corrected chi connectivity index (χ0v) is 12.6. The Kier molecular flexibility index (Phi) is 4.60. The average molecular weight is 345 g/mol. The lowest BCUT2D eigenvalue weighted by Crippen LogP contribution is -2.21.